The fourth-order valence-corrected chi connectivity index (χ4v) is 5.21. The molecule has 6 rings (SSSR count). The van der Waals surface area contributed by atoms with Gasteiger partial charge in [0.2, 0.25) is 11.8 Å². The summed E-state index contributed by atoms with van der Waals surface area (Å²) in [7, 11) is 0. The Bertz CT molecular complexity index is 2470. The van der Waals surface area contributed by atoms with Gasteiger partial charge < -0.3 is 24.7 Å². The number of ether oxygens (including phenoxy) is 4. The first kappa shape index (κ1) is 36.7. The molecule has 0 amide bonds. The minimum atomic E-state index is -2.93. The Hall–Kier alpha value is -7.60. The molecule has 53 heavy (non-hydrogen) atoms. The Morgan fingerprint density at radius 3 is 1.70 bits per heavy atom. The van der Waals surface area contributed by atoms with Gasteiger partial charge in [0.1, 0.15) is 34.6 Å². The lowest BCUT2D eigenvalue weighted by molar-refractivity contribution is -0.385. The van der Waals surface area contributed by atoms with Crippen molar-refractivity contribution in [2.24, 2.45) is 20.5 Å². The van der Waals surface area contributed by atoms with Crippen LogP contribution in [0.15, 0.2) is 91.8 Å². The first-order valence-electron chi connectivity index (χ1n) is 15.8. The number of nitriles is 2. The van der Waals surface area contributed by atoms with Gasteiger partial charge in [-0.05, 0) is 38.1 Å². The molecule has 4 heterocycles. The van der Waals surface area contributed by atoms with Gasteiger partial charge in [-0.15, -0.1) is 33.6 Å². The first-order chi connectivity index (χ1) is 25.4. The molecule has 1 spiro atoms. The molecule has 0 saturated carbocycles. The van der Waals surface area contributed by atoms with Crippen LogP contribution in [0.2, 0.25) is 0 Å². The van der Waals surface area contributed by atoms with Crippen LogP contribution in [-0.2, 0) is 13.1 Å². The third-order valence-corrected chi connectivity index (χ3v) is 7.69. The van der Waals surface area contributed by atoms with Crippen molar-refractivity contribution in [1.82, 2.24) is 9.13 Å². The number of nitrogen functional groups attached to an aromatic ring is 1. The SMILES string of the molecule is C=CCn1c2c(c(C)c(C#N)c1=O)N=Nc1cc(N)ccc1OC1(Oc3ccc([N+](=O)[O-])cc3N=Nc3c(C)c(C#N)c(=O)n(CC=C)c3O1)O2.CC. The average molecular weight is 719 g/mol. The molecule has 2 aromatic carbocycles. The average Bonchev–Trinajstić information content (AvgIpc) is 3.24. The van der Waals surface area contributed by atoms with Gasteiger partial charge in [0.05, 0.1) is 4.92 Å². The number of nitro groups is 1. The number of anilines is 1. The van der Waals surface area contributed by atoms with Gasteiger partial charge in [-0.2, -0.15) is 10.5 Å². The molecule has 268 valence electrons. The lowest BCUT2D eigenvalue weighted by atomic mass is 10.1. The van der Waals surface area contributed by atoms with Crippen molar-refractivity contribution in [2.75, 3.05) is 5.73 Å². The summed E-state index contributed by atoms with van der Waals surface area (Å²) in [5.74, 6) is -1.15. The van der Waals surface area contributed by atoms with Crippen molar-refractivity contribution < 1.29 is 23.9 Å². The second-order valence-corrected chi connectivity index (χ2v) is 10.9. The molecule has 0 bridgehead atoms. The summed E-state index contributed by atoms with van der Waals surface area (Å²) in [6.07, 6.45) is -0.230. The molecule has 0 radical (unpaired) electrons. The number of aromatic nitrogens is 2. The second-order valence-electron chi connectivity index (χ2n) is 10.9. The molecule has 0 saturated heterocycles. The van der Waals surface area contributed by atoms with Gasteiger partial charge in [-0.3, -0.25) is 28.8 Å². The fraction of sp³-hybridized carbons (Fsp3) is 0.200. The summed E-state index contributed by atoms with van der Waals surface area (Å²) in [6.45, 7) is 13.8. The van der Waals surface area contributed by atoms with Crippen LogP contribution in [0, 0.1) is 46.6 Å². The van der Waals surface area contributed by atoms with E-state index in [0.29, 0.717) is 0 Å². The predicted molar refractivity (Wildman–Crippen MR) is 190 cm³/mol. The first-order valence-corrected chi connectivity index (χ1v) is 15.8. The number of nitro benzene ring substituents is 1. The molecule has 2 aliphatic rings. The van der Waals surface area contributed by atoms with Crippen LogP contribution >= 0.6 is 0 Å². The number of fused-ring (bicyclic) bond motifs is 4. The van der Waals surface area contributed by atoms with Crippen LogP contribution in [0.25, 0.3) is 0 Å². The largest absolute Gasteiger partial charge is 0.613 e. The van der Waals surface area contributed by atoms with E-state index in [1.807, 2.05) is 26.0 Å². The minimum Gasteiger partial charge on any atom is -0.399 e. The normalized spacial score (nSPS) is 14.8. The second kappa shape index (κ2) is 14.7. The molecule has 18 heteroatoms. The number of benzene rings is 2. The van der Waals surface area contributed by atoms with Crippen molar-refractivity contribution in [1.29, 1.82) is 10.5 Å². The Morgan fingerprint density at radius 2 is 1.26 bits per heavy atom. The number of non-ortho nitro benzene ring substituents is 1. The zero-order valence-corrected chi connectivity index (χ0v) is 28.8. The Kier molecular flexibility index (Phi) is 10.2. The summed E-state index contributed by atoms with van der Waals surface area (Å²) in [4.78, 5) is 38.5. The number of hydrogen-bond acceptors (Lipinski definition) is 15. The Balaban J connectivity index is 0.00000266. The van der Waals surface area contributed by atoms with Crippen molar-refractivity contribution >= 4 is 34.1 Å². The number of pyridine rings is 2. The quantitative estimate of drug-likeness (QED) is 0.0957. The molecular formula is C35H30N10O8. The third kappa shape index (κ3) is 6.55. The highest BCUT2D eigenvalue weighted by Crippen LogP contribution is 2.46. The van der Waals surface area contributed by atoms with Gasteiger partial charge in [-0.25, -0.2) is 0 Å². The van der Waals surface area contributed by atoms with Crippen LogP contribution in [0.3, 0.4) is 0 Å². The molecule has 0 fully saturated rings. The van der Waals surface area contributed by atoms with Crippen LogP contribution in [0.5, 0.6) is 23.3 Å². The van der Waals surface area contributed by atoms with E-state index in [2.05, 4.69) is 33.6 Å². The predicted octanol–water partition coefficient (Wildman–Crippen LogP) is 6.94. The van der Waals surface area contributed by atoms with Crippen LogP contribution in [-0.4, -0.2) is 20.2 Å². The van der Waals surface area contributed by atoms with Crippen molar-refractivity contribution in [3.63, 3.8) is 0 Å². The minimum absolute atomic E-state index is 0.00953. The monoisotopic (exact) mass is 718 g/mol. The summed E-state index contributed by atoms with van der Waals surface area (Å²) in [5.41, 5.74) is 3.27. The molecule has 2 aliphatic heterocycles. The number of allylic oxidation sites excluding steroid dienone is 2. The van der Waals surface area contributed by atoms with E-state index in [-0.39, 0.29) is 81.2 Å². The van der Waals surface area contributed by atoms with Crippen molar-refractivity contribution in [3.05, 3.63) is 115 Å². The molecule has 4 aromatic rings. The van der Waals surface area contributed by atoms with Gasteiger partial charge >= 0.3 is 6.16 Å². The van der Waals surface area contributed by atoms with Crippen LogP contribution in [0.1, 0.15) is 36.1 Å². The number of nitrogens with two attached hydrogens (primary N) is 1. The lowest BCUT2D eigenvalue weighted by Gasteiger charge is -2.33. The summed E-state index contributed by atoms with van der Waals surface area (Å²) < 4.78 is 27.6. The van der Waals surface area contributed by atoms with Gasteiger partial charge in [0.25, 0.3) is 16.8 Å². The van der Waals surface area contributed by atoms with Gasteiger partial charge in [-0.1, -0.05) is 26.0 Å². The maximum absolute atomic E-state index is 13.7. The summed E-state index contributed by atoms with van der Waals surface area (Å²) >= 11 is 0. The highest BCUT2D eigenvalue weighted by atomic mass is 17.0. The molecule has 1 atom stereocenters. The number of rotatable bonds is 5. The zero-order chi connectivity index (χ0) is 38.6. The maximum Gasteiger partial charge on any atom is 0.613 e. The van der Waals surface area contributed by atoms with E-state index in [0.717, 1.165) is 21.3 Å². The number of nitrogens with zero attached hydrogens (tertiary/aromatic N) is 9. The summed E-state index contributed by atoms with van der Waals surface area (Å²) in [6, 6.07) is 11.3. The molecule has 2 aromatic heterocycles. The van der Waals surface area contributed by atoms with Gasteiger partial charge in [0, 0.05) is 42.0 Å². The molecule has 18 nitrogen and oxygen atoms in total. The lowest BCUT2D eigenvalue weighted by Crippen LogP contribution is -2.55. The Morgan fingerprint density at radius 1 is 0.811 bits per heavy atom. The molecule has 0 aliphatic carbocycles. The van der Waals surface area contributed by atoms with E-state index in [1.54, 1.807) is 0 Å². The van der Waals surface area contributed by atoms with E-state index < -0.39 is 33.8 Å². The van der Waals surface area contributed by atoms with Crippen LogP contribution < -0.4 is 35.8 Å². The topological polar surface area (TPSA) is 247 Å². The number of hydrogen-bond donors (Lipinski definition) is 1. The highest BCUT2D eigenvalue weighted by molar-refractivity contribution is 5.65. The Labute approximate surface area is 300 Å². The standard InChI is InChI=1S/C33H24N10O8.C2H6/c1-5-11-41-29(44)21(15-34)17(3)27-31(41)50-33(48-25-9-7-19(36)13-23(25)37-39-27)49-26-10-8-20(43(46)47)14-24(26)38-40-28-18(4)22(16-35)30(45)42(12-6-2)32(28)51-33;1-2/h5-10,13-14H,1-2,11-12,36H2,3-4H3;1-2H3. The van der Waals surface area contributed by atoms with E-state index in [4.69, 9.17) is 24.7 Å². The van der Waals surface area contributed by atoms with Crippen LogP contribution in [0.4, 0.5) is 34.1 Å². The van der Waals surface area contributed by atoms with Crippen molar-refractivity contribution in [3.8, 4) is 35.4 Å². The van der Waals surface area contributed by atoms with Crippen molar-refractivity contribution in [2.45, 2.75) is 46.9 Å². The molecule has 2 N–H and O–H groups in total. The molecular weight excluding hydrogens is 688 g/mol. The maximum atomic E-state index is 13.7. The van der Waals surface area contributed by atoms with Gasteiger partial charge in [0.15, 0.2) is 22.9 Å². The smallest absolute Gasteiger partial charge is 0.399 e. The van der Waals surface area contributed by atoms with E-state index >= 15 is 0 Å². The highest BCUT2D eigenvalue weighted by Gasteiger charge is 2.49. The van der Waals surface area contributed by atoms with E-state index in [1.165, 1.54) is 50.3 Å². The number of azo groups is 2. The molecule has 1 unspecified atom stereocenters. The fourth-order valence-electron chi connectivity index (χ4n) is 5.21. The third-order valence-electron chi connectivity index (χ3n) is 7.69. The summed E-state index contributed by atoms with van der Waals surface area (Å²) in [5, 5.41) is 48.7. The zero-order valence-electron chi connectivity index (χ0n) is 28.8. The van der Waals surface area contributed by atoms with E-state index in [9.17, 15) is 30.2 Å².